The minimum atomic E-state index is -4.02. The van der Waals surface area contributed by atoms with Gasteiger partial charge >= 0.3 is 6.09 Å². The molecule has 310 valence electrons. The number of allylic oxidation sites excluding steroid dienone is 1. The van der Waals surface area contributed by atoms with Crippen molar-refractivity contribution >= 4 is 44.6 Å². The summed E-state index contributed by atoms with van der Waals surface area (Å²) in [7, 11) is -2.60. The molecule has 0 unspecified atom stereocenters. The first kappa shape index (κ1) is 39.8. The lowest BCUT2D eigenvalue weighted by molar-refractivity contribution is -0.142. The lowest BCUT2D eigenvalue weighted by atomic mass is 9.88. The highest BCUT2D eigenvalue weighted by Crippen LogP contribution is 2.48. The number of hydrogen-bond donors (Lipinski definition) is 3. The van der Waals surface area contributed by atoms with Crippen molar-refractivity contribution in [3.63, 3.8) is 0 Å². The highest BCUT2D eigenvalue weighted by atomic mass is 32.2. The molecule has 4 amide bonds. The molecule has 4 fully saturated rings. The number of halogens is 1. The molecule has 16 heteroatoms. The van der Waals surface area contributed by atoms with E-state index in [-0.39, 0.29) is 59.2 Å². The van der Waals surface area contributed by atoms with Gasteiger partial charge in [-0.05, 0) is 82.3 Å². The molecule has 0 bridgehead atoms. The number of sulfonamides is 1. The zero-order valence-corrected chi connectivity index (χ0v) is 33.4. The molecule has 1 saturated heterocycles. The number of ether oxygens (including phenoxy) is 3. The van der Waals surface area contributed by atoms with Crippen molar-refractivity contribution in [2.75, 3.05) is 20.3 Å². The van der Waals surface area contributed by atoms with Crippen molar-refractivity contribution in [1.29, 1.82) is 0 Å². The number of carbonyl (C=O) groups is 4. The van der Waals surface area contributed by atoms with Crippen LogP contribution < -0.4 is 24.8 Å². The SMILES string of the molecule is COc1cc(F)cc2c(O[C@@H]3C[C@H]4C(=O)N[C@]5(C(=O)NS(=O)(=O)C6(C)CC6)C[C@H]5/C=C\CC[C@@H](C)C[C@@H](C)[C@H](NC(=O)OCC5(C)CC5)C(=O)N4C3)nccc12.[HH].[HH].[HH]. The highest BCUT2D eigenvalue weighted by molar-refractivity contribution is 7.91. The Bertz CT molecular complexity index is 2070. The summed E-state index contributed by atoms with van der Waals surface area (Å²) in [6.07, 6.45) is 8.55. The maximum Gasteiger partial charge on any atom is 0.407 e. The third-order valence-electron chi connectivity index (χ3n) is 12.4. The summed E-state index contributed by atoms with van der Waals surface area (Å²) in [5, 5.41) is 6.56. The molecule has 3 N–H and O–H groups in total. The van der Waals surface area contributed by atoms with Crippen LogP contribution in [0.1, 0.15) is 89.8 Å². The summed E-state index contributed by atoms with van der Waals surface area (Å²) in [5.41, 5.74) is -1.65. The molecule has 1 aromatic heterocycles. The van der Waals surface area contributed by atoms with Gasteiger partial charge in [0, 0.05) is 39.7 Å². The number of carbonyl (C=O) groups excluding carboxylic acids is 4. The van der Waals surface area contributed by atoms with Crippen LogP contribution in [-0.2, 0) is 29.1 Å². The molecule has 1 aromatic carbocycles. The molecule has 0 spiro atoms. The van der Waals surface area contributed by atoms with E-state index in [0.717, 1.165) is 19.3 Å². The standard InChI is InChI=1S/C40H52FN5O9S.3H2/c1-23-8-6-7-9-25-20-40(25,36(49)45-56(51,52)39(4)13-14-39)44-33(47)30-19-27(55-34-29-17-26(41)18-31(53-5)28(29)10-15-42-34)21-46(30)35(48)32(24(2)16-23)43-37(50)54-22-38(3)11-12-38;;;/h7,9-10,15,17-18,23-25,27,30,32H,6,8,11-14,16,19-22H2,1-5H3,(H,43,50)(H,44,47)(H,45,49);3*1H/b9-7-;;;/t23-,24-,25-,27-,30+,32+,40-;;;/m1.../s1. The van der Waals surface area contributed by atoms with Crippen LogP contribution in [0.15, 0.2) is 36.5 Å². The fraction of sp³-hybridized carbons (Fsp3) is 0.625. The maximum atomic E-state index is 14.8. The Morgan fingerprint density at radius 3 is 2.55 bits per heavy atom. The van der Waals surface area contributed by atoms with Gasteiger partial charge in [0.1, 0.15) is 35.3 Å². The molecule has 5 aliphatic rings. The van der Waals surface area contributed by atoms with Gasteiger partial charge in [-0.2, -0.15) is 0 Å². The van der Waals surface area contributed by atoms with Gasteiger partial charge in [-0.1, -0.05) is 32.9 Å². The molecule has 3 aliphatic carbocycles. The van der Waals surface area contributed by atoms with Gasteiger partial charge in [-0.25, -0.2) is 22.6 Å². The van der Waals surface area contributed by atoms with Crippen LogP contribution in [0.2, 0.25) is 0 Å². The molecular weight excluding hydrogens is 746 g/mol. The van der Waals surface area contributed by atoms with E-state index in [9.17, 15) is 32.0 Å². The van der Waals surface area contributed by atoms with Crippen molar-refractivity contribution in [1.82, 2.24) is 25.2 Å². The lowest BCUT2D eigenvalue weighted by Gasteiger charge is -2.32. The molecule has 7 atom stereocenters. The predicted octanol–water partition coefficient (Wildman–Crippen LogP) is 5.25. The fourth-order valence-electron chi connectivity index (χ4n) is 7.97. The number of aromatic nitrogens is 1. The smallest absolute Gasteiger partial charge is 0.407 e. The molecule has 14 nitrogen and oxygen atoms in total. The first-order valence-corrected chi connectivity index (χ1v) is 21.0. The largest absolute Gasteiger partial charge is 0.496 e. The van der Waals surface area contributed by atoms with Gasteiger partial charge in [0.25, 0.3) is 5.91 Å². The van der Waals surface area contributed by atoms with Crippen LogP contribution >= 0.6 is 0 Å². The van der Waals surface area contributed by atoms with E-state index in [1.54, 1.807) is 13.0 Å². The van der Waals surface area contributed by atoms with Gasteiger partial charge in [-0.3, -0.25) is 19.1 Å². The monoisotopic (exact) mass is 803 g/mol. The van der Waals surface area contributed by atoms with Crippen molar-refractivity contribution in [2.24, 2.45) is 23.2 Å². The Morgan fingerprint density at radius 1 is 1.11 bits per heavy atom. The quantitative estimate of drug-likeness (QED) is 0.283. The second-order valence-corrected chi connectivity index (χ2v) is 19.5. The number of benzene rings is 1. The highest BCUT2D eigenvalue weighted by Gasteiger charge is 2.63. The zero-order valence-electron chi connectivity index (χ0n) is 32.6. The molecule has 0 radical (unpaired) electrons. The van der Waals surface area contributed by atoms with Crippen LogP contribution in [0.4, 0.5) is 9.18 Å². The third-order valence-corrected chi connectivity index (χ3v) is 14.6. The van der Waals surface area contributed by atoms with E-state index in [1.165, 1.54) is 30.3 Å². The van der Waals surface area contributed by atoms with E-state index >= 15 is 0 Å². The number of rotatable bonds is 9. The first-order valence-electron chi connectivity index (χ1n) is 19.5. The van der Waals surface area contributed by atoms with Gasteiger partial charge in [-0.15, -0.1) is 0 Å². The molecule has 3 heterocycles. The number of methoxy groups -OCH3 is 1. The van der Waals surface area contributed by atoms with Crippen LogP contribution in [-0.4, -0.2) is 90.9 Å². The minimum absolute atomic E-state index is 0. The van der Waals surface area contributed by atoms with Gasteiger partial charge in [0.05, 0.1) is 30.4 Å². The summed E-state index contributed by atoms with van der Waals surface area (Å²) < 4.78 is 59.6. The summed E-state index contributed by atoms with van der Waals surface area (Å²) in [6, 6.07) is 1.90. The number of alkyl carbamates (subject to hydrolysis) is 1. The predicted molar refractivity (Wildman–Crippen MR) is 210 cm³/mol. The molecule has 2 aliphatic heterocycles. The second kappa shape index (κ2) is 14.8. The lowest BCUT2D eigenvalue weighted by Crippen LogP contribution is -2.59. The van der Waals surface area contributed by atoms with Crippen LogP contribution in [0.5, 0.6) is 11.6 Å². The molecule has 3 saturated carbocycles. The fourth-order valence-corrected chi connectivity index (χ4v) is 9.29. The third kappa shape index (κ3) is 8.03. The van der Waals surface area contributed by atoms with Gasteiger partial charge in [0.2, 0.25) is 27.7 Å². The van der Waals surface area contributed by atoms with Crippen molar-refractivity contribution in [3.05, 3.63) is 42.4 Å². The first-order chi connectivity index (χ1) is 26.5. The Morgan fingerprint density at radius 2 is 1.86 bits per heavy atom. The number of nitrogens with one attached hydrogen (secondary N) is 3. The van der Waals surface area contributed by atoms with E-state index in [4.69, 9.17) is 14.2 Å². The topological polar surface area (TPSA) is 182 Å². The van der Waals surface area contributed by atoms with E-state index in [0.29, 0.717) is 36.5 Å². The summed E-state index contributed by atoms with van der Waals surface area (Å²) >= 11 is 0. The van der Waals surface area contributed by atoms with Crippen molar-refractivity contribution in [2.45, 2.75) is 114 Å². The number of fused-ring (bicyclic) bond motifs is 3. The molecule has 56 heavy (non-hydrogen) atoms. The van der Waals surface area contributed by atoms with Gasteiger partial charge < -0.3 is 29.7 Å². The van der Waals surface area contributed by atoms with Crippen LogP contribution in [0.25, 0.3) is 10.8 Å². The minimum Gasteiger partial charge on any atom is -0.496 e. The van der Waals surface area contributed by atoms with E-state index < -0.39 is 74.0 Å². The Balaban J connectivity index is 0.00000256. The Kier molecular flexibility index (Phi) is 10.5. The van der Waals surface area contributed by atoms with Gasteiger partial charge in [0.15, 0.2) is 0 Å². The zero-order chi connectivity index (χ0) is 40.2. The Hall–Kier alpha value is -4.47. The number of amides is 4. The van der Waals surface area contributed by atoms with E-state index in [1.807, 2.05) is 26.0 Å². The maximum absolute atomic E-state index is 14.8. The summed E-state index contributed by atoms with van der Waals surface area (Å²) in [6.45, 7) is 7.65. The average Bonchev–Trinajstić information content (AvgIpc) is 4.11. The summed E-state index contributed by atoms with van der Waals surface area (Å²) in [4.78, 5) is 62.2. The van der Waals surface area contributed by atoms with E-state index in [2.05, 4.69) is 27.3 Å². The number of nitrogens with zero attached hydrogens (tertiary/aromatic N) is 2. The van der Waals surface area contributed by atoms with Crippen LogP contribution in [0.3, 0.4) is 0 Å². The van der Waals surface area contributed by atoms with Crippen LogP contribution in [0, 0.1) is 29.0 Å². The average molecular weight is 804 g/mol. The summed E-state index contributed by atoms with van der Waals surface area (Å²) in [5.74, 6) is -2.99. The second-order valence-electron chi connectivity index (χ2n) is 17.3. The molecule has 7 rings (SSSR count). The normalized spacial score (nSPS) is 31.4. The Labute approximate surface area is 331 Å². The molecule has 2 aromatic rings. The molecular formula is C40H58FN5O9S. The van der Waals surface area contributed by atoms with Crippen molar-refractivity contribution < 1.29 is 50.5 Å². The number of hydrogen-bond acceptors (Lipinski definition) is 10. The van der Waals surface area contributed by atoms with Crippen molar-refractivity contribution in [3.8, 4) is 11.6 Å². The number of pyridine rings is 1.